The van der Waals surface area contributed by atoms with E-state index in [1.807, 2.05) is 25.1 Å². The summed E-state index contributed by atoms with van der Waals surface area (Å²) in [6.07, 6.45) is 4.14. The highest BCUT2D eigenvalue weighted by Gasteiger charge is 2.49. The minimum Gasteiger partial charge on any atom is -0.497 e. The molecule has 0 spiro atoms. The van der Waals surface area contributed by atoms with Crippen LogP contribution in [0.3, 0.4) is 0 Å². The van der Waals surface area contributed by atoms with Crippen molar-refractivity contribution in [2.24, 2.45) is 11.8 Å². The average Bonchev–Trinajstić information content (AvgIpc) is 2.77. The van der Waals surface area contributed by atoms with Crippen molar-refractivity contribution in [1.29, 1.82) is 0 Å². The van der Waals surface area contributed by atoms with Crippen molar-refractivity contribution in [1.82, 2.24) is 4.90 Å². The third kappa shape index (κ3) is 4.15. The third-order valence-corrected chi connectivity index (χ3v) is 6.61. The molecule has 0 amide bonds. The summed E-state index contributed by atoms with van der Waals surface area (Å²) in [7, 11) is 1.69. The maximum absolute atomic E-state index is 12.7. The number of nitrogens with zero attached hydrogens (tertiary/aromatic N) is 1. The lowest BCUT2D eigenvalue weighted by Crippen LogP contribution is -2.59. The Morgan fingerprint density at radius 1 is 1.07 bits per heavy atom. The molecule has 2 aromatic carbocycles. The molecule has 0 saturated carbocycles. The topological polar surface area (TPSA) is 38.8 Å². The van der Waals surface area contributed by atoms with Crippen LogP contribution in [0, 0.1) is 11.8 Å². The van der Waals surface area contributed by atoms with Crippen LogP contribution in [0.2, 0.25) is 0 Å². The number of hydrogen-bond donors (Lipinski definition) is 0. The summed E-state index contributed by atoms with van der Waals surface area (Å²) in [4.78, 5) is 15.3. The monoisotopic (exact) mass is 405 g/mol. The molecule has 2 heterocycles. The van der Waals surface area contributed by atoms with Crippen LogP contribution in [0.1, 0.15) is 31.4 Å². The molecule has 2 aromatic rings. The van der Waals surface area contributed by atoms with Gasteiger partial charge in [0, 0.05) is 18.6 Å². The summed E-state index contributed by atoms with van der Waals surface area (Å²) in [6, 6.07) is 19.4. The second-order valence-corrected chi connectivity index (χ2v) is 8.38. The molecule has 0 N–H and O–H groups in total. The number of benzene rings is 2. The van der Waals surface area contributed by atoms with E-state index in [1.165, 1.54) is 16.7 Å². The highest BCUT2D eigenvalue weighted by Crippen LogP contribution is 2.45. The second kappa shape index (κ2) is 9.05. The fraction of sp³-hybridized carbons (Fsp3) is 0.423. The predicted molar refractivity (Wildman–Crippen MR) is 118 cm³/mol. The minimum atomic E-state index is -0.0884. The van der Waals surface area contributed by atoms with Crippen LogP contribution in [0.25, 0.3) is 0 Å². The maximum atomic E-state index is 12.7. The standard InChI is InChI=1S/C26H31NO3/c1-4-30-26(28)23-16-22-18(2)14-24(23)27(17-20-8-6-5-7-9-20)25(22)15-19-10-12-21(29-3)13-11-19/h5-14,22-25H,4,15-17H2,1-3H3. The Balaban J connectivity index is 1.64. The van der Waals surface area contributed by atoms with Crippen molar-refractivity contribution < 1.29 is 14.3 Å². The molecule has 0 aromatic heterocycles. The average molecular weight is 406 g/mol. The van der Waals surface area contributed by atoms with E-state index in [1.54, 1.807) is 7.11 Å². The van der Waals surface area contributed by atoms with Crippen molar-refractivity contribution in [3.05, 3.63) is 77.4 Å². The molecule has 0 radical (unpaired) electrons. The summed E-state index contributed by atoms with van der Waals surface area (Å²) < 4.78 is 10.8. The zero-order valence-corrected chi connectivity index (χ0v) is 18.1. The minimum absolute atomic E-state index is 0.0581. The van der Waals surface area contributed by atoms with Gasteiger partial charge < -0.3 is 9.47 Å². The number of carbonyl (C=O) groups is 1. The molecule has 4 unspecified atom stereocenters. The predicted octanol–water partition coefficient (Wildman–Crippen LogP) is 4.64. The van der Waals surface area contributed by atoms with E-state index in [2.05, 4.69) is 54.3 Å². The first kappa shape index (κ1) is 20.7. The molecular weight excluding hydrogens is 374 g/mol. The molecule has 4 heteroatoms. The van der Waals surface area contributed by atoms with Crippen LogP contribution in [-0.4, -0.2) is 36.7 Å². The van der Waals surface area contributed by atoms with Gasteiger partial charge in [0.25, 0.3) is 0 Å². The fourth-order valence-corrected chi connectivity index (χ4v) is 5.11. The van der Waals surface area contributed by atoms with Gasteiger partial charge in [-0.05, 0) is 55.9 Å². The van der Waals surface area contributed by atoms with E-state index in [4.69, 9.17) is 9.47 Å². The fourth-order valence-electron chi connectivity index (χ4n) is 5.11. The normalized spacial score (nSPS) is 25.6. The number of hydrogen-bond acceptors (Lipinski definition) is 4. The first-order valence-electron chi connectivity index (χ1n) is 10.9. The number of fused-ring (bicyclic) bond motifs is 2. The summed E-state index contributed by atoms with van der Waals surface area (Å²) in [5.74, 6) is 1.09. The number of ether oxygens (including phenoxy) is 2. The van der Waals surface area contributed by atoms with Crippen LogP contribution in [0.5, 0.6) is 5.75 Å². The Kier molecular flexibility index (Phi) is 6.24. The zero-order chi connectivity index (χ0) is 21.1. The van der Waals surface area contributed by atoms with Crippen molar-refractivity contribution in [3.63, 3.8) is 0 Å². The number of methoxy groups -OCH3 is 1. The molecule has 1 saturated heterocycles. The van der Waals surface area contributed by atoms with E-state index in [0.29, 0.717) is 18.6 Å². The van der Waals surface area contributed by atoms with E-state index >= 15 is 0 Å². The Labute approximate surface area is 179 Å². The van der Waals surface area contributed by atoms with Gasteiger partial charge in [-0.1, -0.05) is 54.1 Å². The van der Waals surface area contributed by atoms with Crippen LogP contribution >= 0.6 is 0 Å². The lowest BCUT2D eigenvalue weighted by Gasteiger charge is -2.53. The van der Waals surface area contributed by atoms with Gasteiger partial charge in [-0.3, -0.25) is 9.69 Å². The molecule has 2 aliphatic heterocycles. The number of piperidine rings is 1. The summed E-state index contributed by atoms with van der Waals surface area (Å²) in [5.41, 5.74) is 3.98. The molecule has 5 rings (SSSR count). The first-order valence-corrected chi connectivity index (χ1v) is 10.9. The number of esters is 1. The van der Waals surface area contributed by atoms with Crippen molar-refractivity contribution in [3.8, 4) is 5.75 Å². The molecule has 1 aliphatic carbocycles. The SMILES string of the molecule is CCOC(=O)C1CC2C(C)=CC1N(Cc1ccccc1)C2Cc1ccc(OC)cc1. The van der Waals surface area contributed by atoms with Crippen LogP contribution in [0.15, 0.2) is 66.2 Å². The Hall–Kier alpha value is -2.59. The number of carbonyl (C=O) groups excluding carboxylic acids is 1. The van der Waals surface area contributed by atoms with Crippen LogP contribution in [-0.2, 0) is 22.5 Å². The molecule has 3 aliphatic rings. The van der Waals surface area contributed by atoms with Crippen LogP contribution in [0.4, 0.5) is 0 Å². The highest BCUT2D eigenvalue weighted by molar-refractivity contribution is 5.74. The number of rotatable bonds is 7. The molecular formula is C26H31NO3. The summed E-state index contributed by atoms with van der Waals surface area (Å²) in [5, 5.41) is 0. The lowest BCUT2D eigenvalue weighted by molar-refractivity contribution is -0.154. The van der Waals surface area contributed by atoms with Gasteiger partial charge in [0.2, 0.25) is 0 Å². The molecule has 1 fully saturated rings. The van der Waals surface area contributed by atoms with Crippen molar-refractivity contribution in [2.75, 3.05) is 13.7 Å². The lowest BCUT2D eigenvalue weighted by atomic mass is 9.68. The largest absolute Gasteiger partial charge is 0.497 e. The second-order valence-electron chi connectivity index (χ2n) is 8.38. The zero-order valence-electron chi connectivity index (χ0n) is 18.1. The Bertz CT molecular complexity index is 890. The van der Waals surface area contributed by atoms with Gasteiger partial charge in [-0.25, -0.2) is 0 Å². The highest BCUT2D eigenvalue weighted by atomic mass is 16.5. The summed E-state index contributed by atoms with van der Waals surface area (Å²) in [6.45, 7) is 5.38. The molecule has 4 nitrogen and oxygen atoms in total. The van der Waals surface area contributed by atoms with Crippen LogP contribution < -0.4 is 4.74 Å². The molecule has 158 valence electrons. The molecule has 30 heavy (non-hydrogen) atoms. The Morgan fingerprint density at radius 2 is 1.80 bits per heavy atom. The molecule has 2 bridgehead atoms. The van der Waals surface area contributed by atoms with Gasteiger partial charge in [0.15, 0.2) is 0 Å². The molecule has 4 atom stereocenters. The quantitative estimate of drug-likeness (QED) is 0.497. The van der Waals surface area contributed by atoms with Gasteiger partial charge in [-0.15, -0.1) is 0 Å². The van der Waals surface area contributed by atoms with Crippen molar-refractivity contribution >= 4 is 5.97 Å². The maximum Gasteiger partial charge on any atom is 0.310 e. The Morgan fingerprint density at radius 3 is 2.47 bits per heavy atom. The van der Waals surface area contributed by atoms with Gasteiger partial charge in [0.05, 0.1) is 19.6 Å². The first-order chi connectivity index (χ1) is 14.6. The van der Waals surface area contributed by atoms with E-state index in [-0.39, 0.29) is 17.9 Å². The summed E-state index contributed by atoms with van der Waals surface area (Å²) >= 11 is 0. The van der Waals surface area contributed by atoms with Gasteiger partial charge in [-0.2, -0.15) is 0 Å². The van der Waals surface area contributed by atoms with Gasteiger partial charge >= 0.3 is 5.97 Å². The van der Waals surface area contributed by atoms with Gasteiger partial charge in [0.1, 0.15) is 5.75 Å². The third-order valence-electron chi connectivity index (χ3n) is 6.61. The van der Waals surface area contributed by atoms with E-state index < -0.39 is 0 Å². The van der Waals surface area contributed by atoms with E-state index in [9.17, 15) is 4.79 Å². The van der Waals surface area contributed by atoms with E-state index in [0.717, 1.165) is 25.1 Å². The van der Waals surface area contributed by atoms with Crippen molar-refractivity contribution in [2.45, 2.75) is 45.3 Å². The smallest absolute Gasteiger partial charge is 0.310 e.